The number of amides is 3. The predicted octanol–water partition coefficient (Wildman–Crippen LogP) is 3.57. The molecule has 7 heteroatoms. The summed E-state index contributed by atoms with van der Waals surface area (Å²) in [6, 6.07) is 4.51. The minimum Gasteiger partial charge on any atom is -0.506 e. The molecule has 1 aromatic carbocycles. The van der Waals surface area contributed by atoms with E-state index in [0.29, 0.717) is 48.2 Å². The molecule has 4 atom stereocenters. The van der Waals surface area contributed by atoms with E-state index in [2.05, 4.69) is 5.32 Å². The predicted molar refractivity (Wildman–Crippen MR) is 107 cm³/mol. The Morgan fingerprint density at radius 1 is 1.00 bits per heavy atom. The molecule has 5 rings (SSSR count). The van der Waals surface area contributed by atoms with Crippen LogP contribution >= 0.6 is 11.6 Å². The van der Waals surface area contributed by atoms with Gasteiger partial charge in [-0.2, -0.15) is 0 Å². The summed E-state index contributed by atoms with van der Waals surface area (Å²) >= 11 is 5.83. The van der Waals surface area contributed by atoms with Crippen molar-refractivity contribution in [1.29, 1.82) is 0 Å². The van der Waals surface area contributed by atoms with E-state index in [1.165, 1.54) is 6.07 Å². The molecule has 1 heterocycles. The number of anilines is 1. The van der Waals surface area contributed by atoms with Crippen LogP contribution in [0, 0.1) is 29.6 Å². The van der Waals surface area contributed by atoms with Gasteiger partial charge in [-0.3, -0.25) is 19.3 Å². The van der Waals surface area contributed by atoms with Gasteiger partial charge in [0.25, 0.3) is 0 Å². The minimum absolute atomic E-state index is 0.0474. The minimum atomic E-state index is -0.190. The lowest BCUT2D eigenvalue weighted by Gasteiger charge is -2.33. The smallest absolute Gasteiger partial charge is 0.233 e. The lowest BCUT2D eigenvalue weighted by atomic mass is 9.81. The van der Waals surface area contributed by atoms with Gasteiger partial charge >= 0.3 is 0 Å². The van der Waals surface area contributed by atoms with Gasteiger partial charge in [0.15, 0.2) is 0 Å². The second-order valence-electron chi connectivity index (χ2n) is 9.09. The van der Waals surface area contributed by atoms with Crippen molar-refractivity contribution in [3.8, 4) is 5.75 Å². The van der Waals surface area contributed by atoms with Crippen molar-refractivity contribution in [2.75, 3.05) is 5.32 Å². The summed E-state index contributed by atoms with van der Waals surface area (Å²) in [7, 11) is 0. The Balaban J connectivity index is 1.21. The number of halogens is 1. The zero-order chi connectivity index (χ0) is 20.3. The van der Waals surface area contributed by atoms with E-state index >= 15 is 0 Å². The zero-order valence-electron chi connectivity index (χ0n) is 16.1. The second kappa shape index (κ2) is 7.01. The standard InChI is InChI=1S/C22H25ClN2O4/c23-14-5-8-16(17(26)10-14)24-20(27)11-3-6-15(7-4-11)25-21(28)18-12-1-2-13(9-12)19(18)22(25)29/h5,8,10-13,15,18-19,26H,1-4,6-7,9H2,(H,24,27)/t11?,12-,13-,15?,18-,19+/m0/s1. The van der Waals surface area contributed by atoms with Gasteiger partial charge in [-0.1, -0.05) is 11.6 Å². The molecule has 0 radical (unpaired) electrons. The highest BCUT2D eigenvalue weighted by Gasteiger charge is 2.61. The van der Waals surface area contributed by atoms with Crippen LogP contribution < -0.4 is 5.32 Å². The molecule has 4 fully saturated rings. The summed E-state index contributed by atoms with van der Waals surface area (Å²) in [5.74, 6) is 0.359. The van der Waals surface area contributed by atoms with Crippen molar-refractivity contribution in [2.24, 2.45) is 29.6 Å². The van der Waals surface area contributed by atoms with Gasteiger partial charge in [-0.15, -0.1) is 0 Å². The highest BCUT2D eigenvalue weighted by Crippen LogP contribution is 2.56. The summed E-state index contributed by atoms with van der Waals surface area (Å²) in [6.07, 6.45) is 5.81. The number of nitrogens with zero attached hydrogens (tertiary/aromatic N) is 1. The van der Waals surface area contributed by atoms with Crippen LogP contribution in [0.15, 0.2) is 18.2 Å². The molecule has 3 amide bonds. The van der Waals surface area contributed by atoms with Gasteiger partial charge in [-0.25, -0.2) is 0 Å². The molecule has 0 unspecified atom stereocenters. The molecule has 0 spiro atoms. The fourth-order valence-electron chi connectivity index (χ4n) is 6.23. The van der Waals surface area contributed by atoms with Crippen LogP contribution in [0.5, 0.6) is 5.75 Å². The van der Waals surface area contributed by atoms with E-state index in [-0.39, 0.29) is 47.3 Å². The summed E-state index contributed by atoms with van der Waals surface area (Å²) in [5, 5.41) is 13.1. The van der Waals surface area contributed by atoms with Gasteiger partial charge in [0.05, 0.1) is 17.5 Å². The molecule has 2 N–H and O–H groups in total. The maximum Gasteiger partial charge on any atom is 0.233 e. The largest absolute Gasteiger partial charge is 0.506 e. The molecule has 2 bridgehead atoms. The van der Waals surface area contributed by atoms with Crippen molar-refractivity contribution >= 4 is 35.0 Å². The van der Waals surface area contributed by atoms with Crippen molar-refractivity contribution < 1.29 is 19.5 Å². The van der Waals surface area contributed by atoms with Crippen LogP contribution in [-0.4, -0.2) is 33.8 Å². The van der Waals surface area contributed by atoms with Crippen LogP contribution in [-0.2, 0) is 14.4 Å². The highest BCUT2D eigenvalue weighted by atomic mass is 35.5. The maximum atomic E-state index is 13.0. The van der Waals surface area contributed by atoms with Gasteiger partial charge in [0, 0.05) is 23.0 Å². The van der Waals surface area contributed by atoms with Gasteiger partial charge in [-0.05, 0) is 68.9 Å². The summed E-state index contributed by atoms with van der Waals surface area (Å²) in [5.41, 5.74) is 0.342. The Morgan fingerprint density at radius 2 is 1.62 bits per heavy atom. The first kappa shape index (κ1) is 18.9. The fourth-order valence-corrected chi connectivity index (χ4v) is 6.40. The highest BCUT2D eigenvalue weighted by molar-refractivity contribution is 6.30. The number of imide groups is 1. The van der Waals surface area contributed by atoms with Crippen LogP contribution in [0.1, 0.15) is 44.9 Å². The van der Waals surface area contributed by atoms with Crippen LogP contribution in [0.3, 0.4) is 0 Å². The van der Waals surface area contributed by atoms with E-state index in [4.69, 9.17) is 11.6 Å². The first-order valence-corrected chi connectivity index (χ1v) is 11.0. The van der Waals surface area contributed by atoms with Gasteiger partial charge < -0.3 is 10.4 Å². The number of carbonyl (C=O) groups excluding carboxylic acids is 3. The molecule has 154 valence electrons. The van der Waals surface area contributed by atoms with Crippen LogP contribution in [0.2, 0.25) is 5.02 Å². The van der Waals surface area contributed by atoms with Crippen molar-refractivity contribution in [3.05, 3.63) is 23.2 Å². The number of phenolic OH excluding ortho intramolecular Hbond substituents is 1. The Morgan fingerprint density at radius 3 is 2.21 bits per heavy atom. The zero-order valence-corrected chi connectivity index (χ0v) is 16.9. The second-order valence-corrected chi connectivity index (χ2v) is 9.52. The SMILES string of the molecule is O=C(Nc1ccc(Cl)cc1O)C1CCC(N2C(=O)[C@@H]3[C@H]4CC[C@@H](C4)[C@@H]3C2=O)CC1. The number of fused-ring (bicyclic) bond motifs is 5. The molecule has 4 aliphatic rings. The third-order valence-corrected chi connectivity index (χ3v) is 7.85. The molecule has 3 aliphatic carbocycles. The molecule has 0 aromatic heterocycles. The normalized spacial score (nSPS) is 35.8. The van der Waals surface area contributed by atoms with E-state index in [9.17, 15) is 19.5 Å². The molecule has 29 heavy (non-hydrogen) atoms. The lowest BCUT2D eigenvalue weighted by Crippen LogP contribution is -2.44. The molecule has 1 aliphatic heterocycles. The van der Waals surface area contributed by atoms with Crippen molar-refractivity contribution in [1.82, 2.24) is 4.90 Å². The monoisotopic (exact) mass is 416 g/mol. The van der Waals surface area contributed by atoms with E-state index in [0.717, 1.165) is 19.3 Å². The number of hydrogen-bond donors (Lipinski definition) is 2. The first-order valence-electron chi connectivity index (χ1n) is 10.6. The third kappa shape index (κ3) is 3.03. The molecule has 6 nitrogen and oxygen atoms in total. The number of likely N-dealkylation sites (tertiary alicyclic amines) is 1. The average Bonchev–Trinajstić information content (AvgIpc) is 3.38. The van der Waals surface area contributed by atoms with Gasteiger partial charge in [0.1, 0.15) is 5.75 Å². The molecule has 3 saturated carbocycles. The lowest BCUT2D eigenvalue weighted by molar-refractivity contribution is -0.144. The number of carbonyl (C=O) groups is 3. The van der Waals surface area contributed by atoms with E-state index in [1.54, 1.807) is 17.0 Å². The number of phenols is 1. The molecule has 1 saturated heterocycles. The third-order valence-electron chi connectivity index (χ3n) is 7.61. The van der Waals surface area contributed by atoms with Crippen molar-refractivity contribution in [2.45, 2.75) is 51.0 Å². The first-order chi connectivity index (χ1) is 13.9. The molecule has 1 aromatic rings. The Kier molecular flexibility index (Phi) is 4.57. The quantitative estimate of drug-likeness (QED) is 0.582. The van der Waals surface area contributed by atoms with Crippen molar-refractivity contribution in [3.63, 3.8) is 0 Å². The number of benzene rings is 1. The number of hydrogen-bond acceptors (Lipinski definition) is 4. The molecular weight excluding hydrogens is 392 g/mol. The Labute approximate surface area is 174 Å². The van der Waals surface area contributed by atoms with Crippen LogP contribution in [0.25, 0.3) is 0 Å². The summed E-state index contributed by atoms with van der Waals surface area (Å²) in [4.78, 5) is 40.2. The Bertz CT molecular complexity index is 852. The van der Waals surface area contributed by atoms with E-state index < -0.39 is 0 Å². The fraction of sp³-hybridized carbons (Fsp3) is 0.591. The average molecular weight is 417 g/mol. The van der Waals surface area contributed by atoms with Gasteiger partial charge in [0.2, 0.25) is 17.7 Å². The summed E-state index contributed by atoms with van der Waals surface area (Å²) in [6.45, 7) is 0. The summed E-state index contributed by atoms with van der Waals surface area (Å²) < 4.78 is 0. The molecular formula is C22H25ClN2O4. The van der Waals surface area contributed by atoms with Crippen LogP contribution in [0.4, 0.5) is 5.69 Å². The number of aromatic hydroxyl groups is 1. The number of rotatable bonds is 3. The Hall–Kier alpha value is -2.08. The topological polar surface area (TPSA) is 86.7 Å². The van der Waals surface area contributed by atoms with E-state index in [1.807, 2.05) is 0 Å². The number of nitrogens with one attached hydrogen (secondary N) is 1. The maximum absolute atomic E-state index is 13.0.